The number of imide groups is 1. The number of aliphatic hydroxyl groups excluding tert-OH is 1. The van der Waals surface area contributed by atoms with Gasteiger partial charge in [-0.2, -0.15) is 0 Å². The summed E-state index contributed by atoms with van der Waals surface area (Å²) < 4.78 is 17.0. The van der Waals surface area contributed by atoms with Gasteiger partial charge in [0.1, 0.15) is 36.0 Å². The summed E-state index contributed by atoms with van der Waals surface area (Å²) in [6.45, 7) is 3.03. The van der Waals surface area contributed by atoms with Crippen LogP contribution in [0.25, 0.3) is 0 Å². The standard InChI is InChI=1S/C46H46N6O10/c1-26(2)35(41(55)60-3)50-45(59)51-33-21-16-27(11-10-22-49-44(48)58)25-32(33)46(43(51)57)34(40(47)54)37-42(56)62-38(29-14-8-5-9-15-29)36(28-12-6-4-7-13-28)52(37)39(46)30-17-19-31(20-18-30)61-24-23-53/h4-9,12-21,25-26,34-39,53H,22-24H2,1-3H3,(H2,47,54)(H,50,59)(H3,48,49,58)/t34-,35+,36-,37-,38+,39+,46-/m1/s1. The van der Waals surface area contributed by atoms with Crippen molar-refractivity contribution in [3.8, 4) is 17.6 Å². The number of fused-ring (bicyclic) bond motifs is 3. The summed E-state index contributed by atoms with van der Waals surface area (Å²) in [5.74, 6) is 0.519. The lowest BCUT2D eigenvalue weighted by Gasteiger charge is -2.46. The number of cyclic esters (lactones) is 1. The average molecular weight is 843 g/mol. The summed E-state index contributed by atoms with van der Waals surface area (Å²) in [6, 6.07) is 23.1. The Morgan fingerprint density at radius 1 is 0.887 bits per heavy atom. The number of nitrogens with zero attached hydrogens (tertiary/aromatic N) is 2. The van der Waals surface area contributed by atoms with Crippen LogP contribution in [0.4, 0.5) is 15.3 Å². The van der Waals surface area contributed by atoms with Crippen molar-refractivity contribution in [1.29, 1.82) is 0 Å². The van der Waals surface area contributed by atoms with Gasteiger partial charge in [-0.05, 0) is 58.5 Å². The van der Waals surface area contributed by atoms with Crippen molar-refractivity contribution in [2.75, 3.05) is 31.8 Å². The number of carbonyl (C=O) groups excluding carboxylic acids is 6. The molecule has 2 fully saturated rings. The molecule has 2 saturated heterocycles. The van der Waals surface area contributed by atoms with Gasteiger partial charge in [0.2, 0.25) is 11.8 Å². The third-order valence-electron chi connectivity index (χ3n) is 11.5. The van der Waals surface area contributed by atoms with Crippen molar-refractivity contribution in [3.05, 3.63) is 131 Å². The number of nitrogens with one attached hydrogen (secondary N) is 2. The van der Waals surface area contributed by atoms with Gasteiger partial charge in [-0.3, -0.25) is 19.3 Å². The number of methoxy groups -OCH3 is 1. The minimum atomic E-state index is -2.14. The molecule has 320 valence electrons. The van der Waals surface area contributed by atoms with E-state index in [0.717, 1.165) is 4.90 Å². The SMILES string of the molecule is COC(=O)[C@@H](NC(=O)N1C(=O)[C@@]2(c3cc(C#CCNC(N)=O)ccc31)[C@H](c1ccc(OCCO)cc1)N1[C@H](c3ccccc3)[C@H](c3ccccc3)OC(=O)[C@H]1[C@@H]2C(N)=O)C(C)C. The number of benzene rings is 4. The molecule has 16 nitrogen and oxygen atoms in total. The minimum absolute atomic E-state index is 0.00297. The molecule has 3 heterocycles. The lowest BCUT2D eigenvalue weighted by Crippen LogP contribution is -2.57. The second-order valence-electron chi connectivity index (χ2n) is 15.4. The van der Waals surface area contributed by atoms with Crippen LogP contribution in [0, 0.1) is 23.7 Å². The first-order valence-corrected chi connectivity index (χ1v) is 19.9. The third kappa shape index (κ3) is 7.56. The summed E-state index contributed by atoms with van der Waals surface area (Å²) in [4.78, 5) is 87.0. The number of carbonyl (C=O) groups is 6. The molecule has 0 aromatic heterocycles. The Balaban J connectivity index is 1.54. The highest BCUT2D eigenvalue weighted by molar-refractivity contribution is 6.25. The van der Waals surface area contributed by atoms with E-state index in [1.165, 1.54) is 13.2 Å². The second-order valence-corrected chi connectivity index (χ2v) is 15.4. The maximum Gasteiger partial charge on any atom is 0.329 e. The molecule has 7 N–H and O–H groups in total. The minimum Gasteiger partial charge on any atom is -0.491 e. The molecule has 7 atom stereocenters. The lowest BCUT2D eigenvalue weighted by molar-refractivity contribution is -0.178. The monoisotopic (exact) mass is 842 g/mol. The zero-order chi connectivity index (χ0) is 44.3. The van der Waals surface area contributed by atoms with E-state index in [1.54, 1.807) is 55.1 Å². The Bertz CT molecular complexity index is 2440. The molecule has 3 aliphatic heterocycles. The number of urea groups is 2. The fourth-order valence-electron chi connectivity index (χ4n) is 9.03. The van der Waals surface area contributed by atoms with Gasteiger partial charge in [0.05, 0.1) is 44.0 Å². The molecule has 4 aromatic carbocycles. The fraction of sp³-hybridized carbons (Fsp3) is 0.304. The Morgan fingerprint density at radius 3 is 2.15 bits per heavy atom. The van der Waals surface area contributed by atoms with Crippen LogP contribution in [-0.2, 0) is 34.1 Å². The summed E-state index contributed by atoms with van der Waals surface area (Å²) in [7, 11) is 1.18. The van der Waals surface area contributed by atoms with Crippen LogP contribution in [0.3, 0.4) is 0 Å². The third-order valence-corrected chi connectivity index (χ3v) is 11.5. The second kappa shape index (κ2) is 17.8. The van der Waals surface area contributed by atoms with Gasteiger partial charge >= 0.3 is 24.0 Å². The molecule has 16 heteroatoms. The number of amides is 6. The molecule has 3 aliphatic rings. The van der Waals surface area contributed by atoms with Gasteiger partial charge in [-0.25, -0.2) is 19.3 Å². The number of nitrogens with two attached hydrogens (primary N) is 2. The number of rotatable bonds is 11. The predicted octanol–water partition coefficient (Wildman–Crippen LogP) is 3.14. The highest BCUT2D eigenvalue weighted by Crippen LogP contribution is 2.65. The highest BCUT2D eigenvalue weighted by Gasteiger charge is 2.75. The Labute approximate surface area is 357 Å². The Hall–Kier alpha value is -7.22. The van der Waals surface area contributed by atoms with E-state index in [-0.39, 0.29) is 31.0 Å². The van der Waals surface area contributed by atoms with Crippen molar-refractivity contribution in [2.24, 2.45) is 23.3 Å². The molecule has 62 heavy (non-hydrogen) atoms. The zero-order valence-electron chi connectivity index (χ0n) is 34.1. The summed E-state index contributed by atoms with van der Waals surface area (Å²) in [6.07, 6.45) is -0.960. The maximum atomic E-state index is 16.0. The maximum absolute atomic E-state index is 16.0. The van der Waals surface area contributed by atoms with Crippen LogP contribution < -0.4 is 31.7 Å². The van der Waals surface area contributed by atoms with Gasteiger partial charge in [0.15, 0.2) is 0 Å². The molecule has 0 aliphatic carbocycles. The summed E-state index contributed by atoms with van der Waals surface area (Å²) in [5, 5.41) is 14.5. The number of morpholine rings is 1. The van der Waals surface area contributed by atoms with Crippen LogP contribution in [-0.4, -0.2) is 84.8 Å². The van der Waals surface area contributed by atoms with Crippen LogP contribution in [0.5, 0.6) is 5.75 Å². The average Bonchev–Trinajstić information content (AvgIpc) is 3.73. The van der Waals surface area contributed by atoms with Crippen LogP contribution in [0.15, 0.2) is 103 Å². The van der Waals surface area contributed by atoms with Crippen molar-refractivity contribution in [1.82, 2.24) is 15.5 Å². The molecule has 6 amide bonds. The largest absolute Gasteiger partial charge is 0.491 e. The van der Waals surface area contributed by atoms with Gasteiger partial charge in [-0.15, -0.1) is 0 Å². The predicted molar refractivity (Wildman–Crippen MR) is 224 cm³/mol. The van der Waals surface area contributed by atoms with Crippen LogP contribution in [0.2, 0.25) is 0 Å². The number of aliphatic hydroxyl groups is 1. The van der Waals surface area contributed by atoms with E-state index in [1.807, 2.05) is 60.7 Å². The Morgan fingerprint density at radius 2 is 1.55 bits per heavy atom. The normalized spacial score (nSPS) is 23.0. The molecule has 7 rings (SSSR count). The lowest BCUT2D eigenvalue weighted by atomic mass is 9.65. The zero-order valence-corrected chi connectivity index (χ0v) is 34.1. The smallest absolute Gasteiger partial charge is 0.329 e. The van der Waals surface area contributed by atoms with Crippen molar-refractivity contribution in [2.45, 2.75) is 49.5 Å². The Kier molecular flexibility index (Phi) is 12.3. The van der Waals surface area contributed by atoms with Crippen molar-refractivity contribution >= 4 is 41.5 Å². The molecular formula is C46H46N6O10. The molecule has 0 radical (unpaired) electrons. The van der Waals surface area contributed by atoms with E-state index >= 15 is 4.79 Å². The molecule has 0 unspecified atom stereocenters. The number of hydrogen-bond donors (Lipinski definition) is 5. The highest BCUT2D eigenvalue weighted by atomic mass is 16.6. The quantitative estimate of drug-likeness (QED) is 0.109. The number of hydrogen-bond acceptors (Lipinski definition) is 11. The molecule has 0 saturated carbocycles. The van der Waals surface area contributed by atoms with Gasteiger partial charge in [-0.1, -0.05) is 98.5 Å². The molecule has 1 spiro atoms. The van der Waals surface area contributed by atoms with Crippen molar-refractivity contribution in [3.63, 3.8) is 0 Å². The van der Waals surface area contributed by atoms with E-state index in [0.29, 0.717) is 28.0 Å². The number of anilines is 1. The van der Waals surface area contributed by atoms with Crippen LogP contribution in [0.1, 0.15) is 59.9 Å². The van der Waals surface area contributed by atoms with Crippen LogP contribution >= 0.6 is 0 Å². The number of primary amides is 2. The summed E-state index contributed by atoms with van der Waals surface area (Å²) >= 11 is 0. The van der Waals surface area contributed by atoms with E-state index < -0.39 is 83.3 Å². The first-order valence-electron chi connectivity index (χ1n) is 19.9. The first-order chi connectivity index (χ1) is 29.8. The number of esters is 2. The van der Waals surface area contributed by atoms with Gasteiger partial charge in [0, 0.05) is 5.56 Å². The molecular weight excluding hydrogens is 797 g/mol. The van der Waals surface area contributed by atoms with Gasteiger partial charge in [0.25, 0.3) is 0 Å². The number of ether oxygens (including phenoxy) is 3. The summed E-state index contributed by atoms with van der Waals surface area (Å²) in [5.41, 5.74) is 11.8. The topological polar surface area (TPSA) is 233 Å². The first kappa shape index (κ1) is 42.9. The van der Waals surface area contributed by atoms with E-state index in [9.17, 15) is 29.1 Å². The van der Waals surface area contributed by atoms with Gasteiger partial charge < -0.3 is 41.4 Å². The molecule has 4 aromatic rings. The van der Waals surface area contributed by atoms with E-state index in [2.05, 4.69) is 22.5 Å². The molecule has 0 bridgehead atoms. The van der Waals surface area contributed by atoms with E-state index in [4.69, 9.17) is 25.7 Å². The van der Waals surface area contributed by atoms with Crippen molar-refractivity contribution < 1.29 is 48.1 Å². The fourth-order valence-corrected chi connectivity index (χ4v) is 9.03.